The van der Waals surface area contributed by atoms with Gasteiger partial charge in [0.15, 0.2) is 0 Å². The second kappa shape index (κ2) is 7.06. The Morgan fingerprint density at radius 2 is 2.11 bits per heavy atom. The molecule has 0 aliphatic heterocycles. The van der Waals surface area contributed by atoms with E-state index in [1.807, 2.05) is 19.9 Å². The van der Waals surface area contributed by atoms with Crippen molar-refractivity contribution < 1.29 is 9.18 Å². The van der Waals surface area contributed by atoms with Crippen LogP contribution >= 0.6 is 27.3 Å². The van der Waals surface area contributed by atoms with Crippen molar-refractivity contribution in [1.82, 2.24) is 14.5 Å². The quantitative estimate of drug-likeness (QED) is 0.497. The number of fused-ring (bicyclic) bond motifs is 3. The van der Waals surface area contributed by atoms with Crippen LogP contribution in [0, 0.1) is 19.7 Å². The first-order chi connectivity index (χ1) is 13.3. The monoisotopic (exact) mass is 460 g/mol. The van der Waals surface area contributed by atoms with Crippen LogP contribution in [0.3, 0.4) is 0 Å². The highest BCUT2D eigenvalue weighted by Crippen LogP contribution is 2.31. The lowest BCUT2D eigenvalue weighted by Crippen LogP contribution is -2.27. The average molecular weight is 461 g/mol. The Kier molecular flexibility index (Phi) is 4.72. The minimum atomic E-state index is -0.565. The number of aryl methyl sites for hydroxylation is 2. The van der Waals surface area contributed by atoms with Crippen LogP contribution in [0.1, 0.15) is 11.3 Å². The maximum Gasteiger partial charge on any atom is 0.271 e. The van der Waals surface area contributed by atoms with Gasteiger partial charge < -0.3 is 5.32 Å². The van der Waals surface area contributed by atoms with Crippen LogP contribution in [0.4, 0.5) is 10.1 Å². The van der Waals surface area contributed by atoms with Crippen LogP contribution in [0.15, 0.2) is 39.9 Å². The molecular weight excluding hydrogens is 447 g/mol. The number of thiophene rings is 1. The Labute approximate surface area is 171 Å². The lowest BCUT2D eigenvalue weighted by atomic mass is 10.1. The molecule has 0 fully saturated rings. The third kappa shape index (κ3) is 3.31. The molecule has 0 radical (unpaired) electrons. The van der Waals surface area contributed by atoms with E-state index in [9.17, 15) is 14.0 Å². The number of hydrogen-bond donors (Lipinski definition) is 1. The molecule has 1 amide bonds. The van der Waals surface area contributed by atoms with Crippen molar-refractivity contribution in [3.05, 3.63) is 62.5 Å². The molecule has 0 saturated heterocycles. The molecule has 0 atom stereocenters. The minimum absolute atomic E-state index is 0.0486. The van der Waals surface area contributed by atoms with Gasteiger partial charge in [-0.1, -0.05) is 15.9 Å². The Morgan fingerprint density at radius 1 is 1.32 bits per heavy atom. The summed E-state index contributed by atoms with van der Waals surface area (Å²) < 4.78 is 16.1. The Balaban J connectivity index is 1.68. The fourth-order valence-electron chi connectivity index (χ4n) is 3.05. The van der Waals surface area contributed by atoms with Gasteiger partial charge in [-0.15, -0.1) is 11.3 Å². The van der Waals surface area contributed by atoms with E-state index in [1.165, 1.54) is 34.4 Å². The predicted octanol–water partition coefficient (Wildman–Crippen LogP) is 4.16. The van der Waals surface area contributed by atoms with E-state index in [2.05, 4.69) is 31.2 Å². The summed E-state index contributed by atoms with van der Waals surface area (Å²) in [5, 5.41) is 3.33. The van der Waals surface area contributed by atoms with E-state index in [0.717, 1.165) is 21.5 Å². The van der Waals surface area contributed by atoms with Crippen LogP contribution in [0.25, 0.3) is 20.4 Å². The number of halogens is 2. The van der Waals surface area contributed by atoms with Crippen molar-refractivity contribution in [2.24, 2.45) is 0 Å². The molecule has 28 heavy (non-hydrogen) atoms. The highest BCUT2D eigenvalue weighted by molar-refractivity contribution is 9.10. The number of rotatable bonds is 3. The van der Waals surface area contributed by atoms with Gasteiger partial charge in [0.2, 0.25) is 5.91 Å². The maximum atomic E-state index is 13.9. The van der Waals surface area contributed by atoms with Gasteiger partial charge >= 0.3 is 0 Å². The first-order valence-corrected chi connectivity index (χ1v) is 9.95. The van der Waals surface area contributed by atoms with Crippen molar-refractivity contribution in [3.8, 4) is 0 Å². The number of carbonyl (C=O) groups excluding carboxylic acids is 1. The smallest absolute Gasteiger partial charge is 0.271 e. The SMILES string of the molecule is Cc1cc(C)c2c(n1)sc1c(=O)n(CC(=O)Nc3ccc(Br)cc3F)cnc12. The van der Waals surface area contributed by atoms with Crippen molar-refractivity contribution in [3.63, 3.8) is 0 Å². The van der Waals surface area contributed by atoms with Gasteiger partial charge in [-0.25, -0.2) is 14.4 Å². The minimum Gasteiger partial charge on any atom is -0.322 e. The second-order valence-electron chi connectivity index (χ2n) is 6.39. The predicted molar refractivity (Wildman–Crippen MR) is 111 cm³/mol. The number of hydrogen-bond acceptors (Lipinski definition) is 5. The van der Waals surface area contributed by atoms with Gasteiger partial charge in [0.1, 0.15) is 21.9 Å². The lowest BCUT2D eigenvalue weighted by molar-refractivity contribution is -0.116. The fourth-order valence-corrected chi connectivity index (χ4v) is 4.58. The summed E-state index contributed by atoms with van der Waals surface area (Å²) in [5.41, 5.74) is 2.18. The summed E-state index contributed by atoms with van der Waals surface area (Å²) >= 11 is 4.42. The van der Waals surface area contributed by atoms with Gasteiger partial charge in [0.05, 0.1) is 17.5 Å². The molecule has 0 saturated carbocycles. The van der Waals surface area contributed by atoms with Gasteiger partial charge in [0.25, 0.3) is 5.56 Å². The highest BCUT2D eigenvalue weighted by atomic mass is 79.9. The highest BCUT2D eigenvalue weighted by Gasteiger charge is 2.16. The van der Waals surface area contributed by atoms with Gasteiger partial charge in [0, 0.05) is 15.6 Å². The van der Waals surface area contributed by atoms with Crippen molar-refractivity contribution in [2.45, 2.75) is 20.4 Å². The van der Waals surface area contributed by atoms with Crippen molar-refractivity contribution in [1.29, 1.82) is 0 Å². The molecule has 1 aromatic carbocycles. The van der Waals surface area contributed by atoms with Crippen LogP contribution in [0.2, 0.25) is 0 Å². The number of aromatic nitrogens is 3. The van der Waals surface area contributed by atoms with Crippen LogP contribution in [-0.4, -0.2) is 20.4 Å². The van der Waals surface area contributed by atoms with Crippen molar-refractivity contribution in [2.75, 3.05) is 5.32 Å². The van der Waals surface area contributed by atoms with Crippen molar-refractivity contribution >= 4 is 59.3 Å². The lowest BCUT2D eigenvalue weighted by Gasteiger charge is -2.08. The molecule has 4 aromatic rings. The maximum absolute atomic E-state index is 13.9. The molecule has 0 aliphatic rings. The second-order valence-corrected chi connectivity index (χ2v) is 8.31. The zero-order valence-electron chi connectivity index (χ0n) is 14.9. The summed E-state index contributed by atoms with van der Waals surface area (Å²) in [6.45, 7) is 3.59. The Bertz CT molecular complexity index is 1320. The van der Waals surface area contributed by atoms with Gasteiger partial charge in [-0.05, 0) is 43.7 Å². The third-order valence-electron chi connectivity index (χ3n) is 4.26. The number of pyridine rings is 1. The van der Waals surface area contributed by atoms with E-state index in [-0.39, 0.29) is 17.8 Å². The van der Waals surface area contributed by atoms with Crippen LogP contribution in [-0.2, 0) is 11.3 Å². The standard InChI is InChI=1S/C19H14BrFN4O2S/c1-9-5-10(2)23-18-15(9)16-17(28-18)19(27)25(8-22-16)7-14(26)24-13-4-3-11(20)6-12(13)21/h3-6,8H,7H2,1-2H3,(H,24,26). The van der Waals surface area contributed by atoms with Crippen LogP contribution < -0.4 is 10.9 Å². The topological polar surface area (TPSA) is 76.9 Å². The molecule has 6 nitrogen and oxygen atoms in total. The number of carbonyl (C=O) groups is 1. The summed E-state index contributed by atoms with van der Waals surface area (Å²) in [7, 11) is 0. The molecule has 1 N–H and O–H groups in total. The van der Waals surface area contributed by atoms with Crippen LogP contribution in [0.5, 0.6) is 0 Å². The summed E-state index contributed by atoms with van der Waals surface area (Å²) in [6.07, 6.45) is 1.34. The van der Waals surface area contributed by atoms with Gasteiger partial charge in [-0.2, -0.15) is 0 Å². The van der Waals surface area contributed by atoms with E-state index >= 15 is 0 Å². The summed E-state index contributed by atoms with van der Waals surface area (Å²) in [4.78, 5) is 34.7. The summed E-state index contributed by atoms with van der Waals surface area (Å²) in [5.74, 6) is -1.08. The van der Waals surface area contributed by atoms with Gasteiger partial charge in [-0.3, -0.25) is 14.2 Å². The molecule has 0 bridgehead atoms. The van der Waals surface area contributed by atoms with E-state index in [1.54, 1.807) is 6.07 Å². The number of nitrogens with one attached hydrogen (secondary N) is 1. The summed E-state index contributed by atoms with van der Waals surface area (Å²) in [6, 6.07) is 6.27. The first kappa shape index (κ1) is 18.7. The Hall–Kier alpha value is -2.65. The molecule has 142 valence electrons. The third-order valence-corrected chi connectivity index (χ3v) is 5.82. The zero-order valence-corrected chi connectivity index (χ0v) is 17.3. The molecule has 3 aromatic heterocycles. The Morgan fingerprint density at radius 3 is 2.86 bits per heavy atom. The largest absolute Gasteiger partial charge is 0.322 e. The first-order valence-electron chi connectivity index (χ1n) is 8.34. The fraction of sp³-hybridized carbons (Fsp3) is 0.158. The number of amides is 1. The number of anilines is 1. The molecule has 0 aliphatic carbocycles. The zero-order chi connectivity index (χ0) is 20.0. The molecule has 4 rings (SSSR count). The van der Waals surface area contributed by atoms with E-state index in [4.69, 9.17) is 0 Å². The normalized spacial score (nSPS) is 11.3. The number of nitrogens with zero attached hydrogens (tertiary/aromatic N) is 3. The number of benzene rings is 1. The van der Waals surface area contributed by atoms with E-state index in [0.29, 0.717) is 14.7 Å². The molecule has 0 spiro atoms. The molecule has 9 heteroatoms. The van der Waals surface area contributed by atoms with E-state index < -0.39 is 11.7 Å². The molecular formula is C19H14BrFN4O2S. The molecule has 3 heterocycles. The molecule has 0 unspecified atom stereocenters. The average Bonchev–Trinajstić information content (AvgIpc) is 2.99.